The van der Waals surface area contributed by atoms with Crippen LogP contribution in [0.5, 0.6) is 0 Å². The van der Waals surface area contributed by atoms with E-state index in [-0.39, 0.29) is 17.2 Å². The summed E-state index contributed by atoms with van der Waals surface area (Å²) >= 11 is 0. The highest BCUT2D eigenvalue weighted by Gasteiger charge is 2.14. The van der Waals surface area contributed by atoms with Crippen LogP contribution < -0.4 is 10.5 Å². The number of benzene rings is 2. The summed E-state index contributed by atoms with van der Waals surface area (Å²) in [7, 11) is -3.76. The maximum absolute atomic E-state index is 12.2. The normalized spacial score (nSPS) is 11.6. The molecule has 3 aromatic rings. The molecule has 7 nitrogen and oxygen atoms in total. The van der Waals surface area contributed by atoms with Crippen molar-refractivity contribution in [3.8, 4) is 0 Å². The number of hydrogen-bond acceptors (Lipinski definition) is 5. The number of primary sulfonamides is 1. The number of rotatable bonds is 4. The Morgan fingerprint density at radius 1 is 1.16 bits per heavy atom. The Morgan fingerprint density at radius 3 is 2.44 bits per heavy atom. The molecule has 3 N–H and O–H groups in total. The van der Waals surface area contributed by atoms with Crippen LogP contribution in [0.1, 0.15) is 16.8 Å². The molecule has 3 rings (SSSR count). The van der Waals surface area contributed by atoms with E-state index >= 15 is 0 Å². The molecule has 0 fully saturated rings. The molecule has 0 bridgehead atoms. The van der Waals surface area contributed by atoms with Gasteiger partial charge in [-0.3, -0.25) is 4.79 Å². The van der Waals surface area contributed by atoms with E-state index in [2.05, 4.69) is 10.5 Å². The Labute approximate surface area is 144 Å². The van der Waals surface area contributed by atoms with Crippen LogP contribution in [0.25, 0.3) is 11.0 Å². The fourth-order valence-corrected chi connectivity index (χ4v) is 2.97. The molecule has 8 heteroatoms. The van der Waals surface area contributed by atoms with Gasteiger partial charge in [0.2, 0.25) is 15.9 Å². The molecular weight excluding hydrogens is 342 g/mol. The second-order valence-electron chi connectivity index (χ2n) is 5.86. The van der Waals surface area contributed by atoms with Crippen molar-refractivity contribution in [2.45, 2.75) is 25.2 Å². The molecule has 0 atom stereocenters. The van der Waals surface area contributed by atoms with E-state index in [0.717, 1.165) is 16.5 Å². The Hall–Kier alpha value is -2.71. The minimum atomic E-state index is -3.76. The van der Waals surface area contributed by atoms with Gasteiger partial charge in [0.25, 0.3) is 0 Å². The van der Waals surface area contributed by atoms with Gasteiger partial charge in [-0.1, -0.05) is 5.16 Å². The molecule has 0 spiro atoms. The second kappa shape index (κ2) is 6.30. The predicted molar refractivity (Wildman–Crippen MR) is 93.6 cm³/mol. The predicted octanol–water partition coefficient (Wildman–Crippen LogP) is 2.27. The smallest absolute Gasteiger partial charge is 0.238 e. The van der Waals surface area contributed by atoms with E-state index in [9.17, 15) is 13.2 Å². The van der Waals surface area contributed by atoms with Crippen LogP contribution in [0, 0.1) is 13.8 Å². The summed E-state index contributed by atoms with van der Waals surface area (Å²) in [5.74, 6) is -0.281. The molecule has 0 saturated heterocycles. The van der Waals surface area contributed by atoms with Crippen LogP contribution in [0.3, 0.4) is 0 Å². The monoisotopic (exact) mass is 359 g/mol. The molecule has 0 aliphatic rings. The zero-order chi connectivity index (χ0) is 18.2. The van der Waals surface area contributed by atoms with E-state index in [4.69, 9.17) is 9.66 Å². The molecule has 0 unspecified atom stereocenters. The van der Waals surface area contributed by atoms with Crippen LogP contribution >= 0.6 is 0 Å². The number of nitrogens with zero attached hydrogens (tertiary/aromatic N) is 1. The Bertz CT molecular complexity index is 1050. The molecule has 0 saturated carbocycles. The van der Waals surface area contributed by atoms with Gasteiger partial charge >= 0.3 is 0 Å². The molecule has 25 heavy (non-hydrogen) atoms. The SMILES string of the molecule is Cc1cc2onc(CC(=O)Nc3ccc(S(N)(=O)=O)cc3)c2cc1C. The van der Waals surface area contributed by atoms with Gasteiger partial charge in [0.05, 0.1) is 11.3 Å². The van der Waals surface area contributed by atoms with E-state index in [1.54, 1.807) is 0 Å². The van der Waals surface area contributed by atoms with Crippen LogP contribution in [-0.4, -0.2) is 19.5 Å². The van der Waals surface area contributed by atoms with Crippen molar-refractivity contribution in [1.82, 2.24) is 5.16 Å². The number of hydrogen-bond donors (Lipinski definition) is 2. The highest BCUT2D eigenvalue weighted by molar-refractivity contribution is 7.89. The summed E-state index contributed by atoms with van der Waals surface area (Å²) in [6.45, 7) is 3.97. The summed E-state index contributed by atoms with van der Waals surface area (Å²) in [4.78, 5) is 12.2. The summed E-state index contributed by atoms with van der Waals surface area (Å²) in [6, 6.07) is 9.47. The number of aryl methyl sites for hydroxylation is 2. The summed E-state index contributed by atoms with van der Waals surface area (Å²) in [6.07, 6.45) is 0.0481. The van der Waals surface area contributed by atoms with Crippen molar-refractivity contribution >= 4 is 32.6 Å². The van der Waals surface area contributed by atoms with Gasteiger partial charge in [0.15, 0.2) is 5.58 Å². The number of aromatic nitrogens is 1. The first kappa shape index (κ1) is 17.1. The van der Waals surface area contributed by atoms with E-state index in [1.165, 1.54) is 24.3 Å². The third-order valence-corrected chi connectivity index (χ3v) is 4.88. The molecule has 0 aliphatic heterocycles. The fraction of sp³-hybridized carbons (Fsp3) is 0.176. The van der Waals surface area contributed by atoms with E-state index in [0.29, 0.717) is 17.0 Å². The first-order valence-electron chi connectivity index (χ1n) is 7.52. The molecule has 130 valence electrons. The van der Waals surface area contributed by atoms with Gasteiger partial charge < -0.3 is 9.84 Å². The average molecular weight is 359 g/mol. The number of nitrogens with two attached hydrogens (primary N) is 1. The summed E-state index contributed by atoms with van der Waals surface area (Å²) in [5, 5.41) is 12.5. The molecule has 1 amide bonds. The third kappa shape index (κ3) is 3.70. The summed E-state index contributed by atoms with van der Waals surface area (Å²) < 4.78 is 27.7. The quantitative estimate of drug-likeness (QED) is 0.741. The van der Waals surface area contributed by atoms with Gasteiger partial charge in [-0.05, 0) is 61.4 Å². The first-order valence-corrected chi connectivity index (χ1v) is 9.07. The average Bonchev–Trinajstić information content (AvgIpc) is 2.89. The highest BCUT2D eigenvalue weighted by Crippen LogP contribution is 2.23. The zero-order valence-corrected chi connectivity index (χ0v) is 14.6. The number of amides is 1. The third-order valence-electron chi connectivity index (χ3n) is 3.96. The minimum Gasteiger partial charge on any atom is -0.356 e. The van der Waals surface area contributed by atoms with Crippen LogP contribution in [-0.2, 0) is 21.2 Å². The van der Waals surface area contributed by atoms with Gasteiger partial charge in [-0.2, -0.15) is 0 Å². The molecule has 0 radical (unpaired) electrons. The van der Waals surface area contributed by atoms with Crippen molar-refractivity contribution in [2.75, 3.05) is 5.32 Å². The second-order valence-corrected chi connectivity index (χ2v) is 7.42. The lowest BCUT2D eigenvalue weighted by Crippen LogP contribution is -2.15. The molecule has 2 aromatic carbocycles. The lowest BCUT2D eigenvalue weighted by atomic mass is 10.1. The van der Waals surface area contributed by atoms with Crippen molar-refractivity contribution in [3.05, 3.63) is 53.2 Å². The van der Waals surface area contributed by atoms with Crippen LogP contribution in [0.4, 0.5) is 5.69 Å². The van der Waals surface area contributed by atoms with Gasteiger partial charge in [-0.25, -0.2) is 13.6 Å². The lowest BCUT2D eigenvalue weighted by Gasteiger charge is -2.05. The summed E-state index contributed by atoms with van der Waals surface area (Å²) in [5.41, 5.74) is 3.85. The van der Waals surface area contributed by atoms with Gasteiger partial charge in [0.1, 0.15) is 5.69 Å². The van der Waals surface area contributed by atoms with Crippen molar-refractivity contribution < 1.29 is 17.7 Å². The van der Waals surface area contributed by atoms with Gasteiger partial charge in [-0.15, -0.1) is 0 Å². The topological polar surface area (TPSA) is 115 Å². The number of fused-ring (bicyclic) bond motifs is 1. The number of nitrogens with one attached hydrogen (secondary N) is 1. The minimum absolute atomic E-state index is 0.0150. The maximum Gasteiger partial charge on any atom is 0.238 e. The van der Waals surface area contributed by atoms with E-state index < -0.39 is 10.0 Å². The van der Waals surface area contributed by atoms with E-state index in [1.807, 2.05) is 26.0 Å². The molecular formula is C17H17N3O4S. The van der Waals surface area contributed by atoms with Gasteiger partial charge in [0, 0.05) is 11.1 Å². The van der Waals surface area contributed by atoms with Crippen molar-refractivity contribution in [2.24, 2.45) is 5.14 Å². The standard InChI is InChI=1S/C17H17N3O4S/c1-10-7-14-15(20-24-16(14)8-11(10)2)9-17(21)19-12-3-5-13(6-4-12)25(18,22)23/h3-8H,9H2,1-2H3,(H,19,21)(H2,18,22,23). The molecule has 1 aromatic heterocycles. The zero-order valence-electron chi connectivity index (χ0n) is 13.7. The number of anilines is 1. The Kier molecular flexibility index (Phi) is 4.32. The number of sulfonamides is 1. The van der Waals surface area contributed by atoms with Crippen LogP contribution in [0.15, 0.2) is 45.8 Å². The fourth-order valence-electron chi connectivity index (χ4n) is 2.46. The largest absolute Gasteiger partial charge is 0.356 e. The van der Waals surface area contributed by atoms with Crippen LogP contribution in [0.2, 0.25) is 0 Å². The molecule has 0 aliphatic carbocycles. The Balaban J connectivity index is 1.76. The Morgan fingerprint density at radius 2 is 1.80 bits per heavy atom. The number of carbonyl (C=O) groups excluding carboxylic acids is 1. The van der Waals surface area contributed by atoms with Crippen molar-refractivity contribution in [3.63, 3.8) is 0 Å². The molecule has 1 heterocycles. The number of carbonyl (C=O) groups is 1. The maximum atomic E-state index is 12.2. The first-order chi connectivity index (χ1) is 11.7. The highest BCUT2D eigenvalue weighted by atomic mass is 32.2. The van der Waals surface area contributed by atoms with Crippen molar-refractivity contribution in [1.29, 1.82) is 0 Å². The lowest BCUT2D eigenvalue weighted by molar-refractivity contribution is -0.115.